The number of carbonyl (C=O) groups is 3. The highest BCUT2D eigenvalue weighted by Gasteiger charge is 2.38. The third-order valence-electron chi connectivity index (χ3n) is 2.95. The number of nitrogens with one attached hydrogen (secondary N) is 1. The maximum Gasteiger partial charge on any atom is 0.303 e. The van der Waals surface area contributed by atoms with Gasteiger partial charge in [-0.1, -0.05) is 20.8 Å². The van der Waals surface area contributed by atoms with Gasteiger partial charge < -0.3 is 15.3 Å². The molecule has 114 valence electrons. The molecule has 2 N–H and O–H groups in total. The average Bonchev–Trinajstić information content (AvgIpc) is 2.80. The van der Waals surface area contributed by atoms with E-state index in [-0.39, 0.29) is 18.2 Å². The molecule has 1 unspecified atom stereocenters. The van der Waals surface area contributed by atoms with Crippen molar-refractivity contribution in [2.45, 2.75) is 39.7 Å². The van der Waals surface area contributed by atoms with Gasteiger partial charge in [0, 0.05) is 24.1 Å². The summed E-state index contributed by atoms with van der Waals surface area (Å²) in [5.74, 6) is 0.0157. The van der Waals surface area contributed by atoms with E-state index < -0.39 is 17.4 Å². The van der Waals surface area contributed by atoms with Gasteiger partial charge in [0.25, 0.3) is 0 Å². The SMILES string of the molecule is CC(C)(C)C(=O)N1CSCC1C(=O)NCCCC(=O)O. The van der Waals surface area contributed by atoms with E-state index in [1.165, 1.54) is 0 Å². The second-order valence-electron chi connectivity index (χ2n) is 5.83. The molecule has 1 fully saturated rings. The highest BCUT2D eigenvalue weighted by atomic mass is 32.2. The summed E-state index contributed by atoms with van der Waals surface area (Å²) in [7, 11) is 0. The Kier molecular flexibility index (Phi) is 5.86. The van der Waals surface area contributed by atoms with E-state index in [1.807, 2.05) is 20.8 Å². The van der Waals surface area contributed by atoms with Gasteiger partial charge in [0.1, 0.15) is 6.04 Å². The molecule has 7 heteroatoms. The van der Waals surface area contributed by atoms with Gasteiger partial charge in [-0.15, -0.1) is 11.8 Å². The van der Waals surface area contributed by atoms with Crippen molar-refractivity contribution < 1.29 is 19.5 Å². The van der Waals surface area contributed by atoms with E-state index in [0.29, 0.717) is 24.6 Å². The molecule has 0 aliphatic carbocycles. The smallest absolute Gasteiger partial charge is 0.303 e. The van der Waals surface area contributed by atoms with Gasteiger partial charge in [0.15, 0.2) is 0 Å². The first kappa shape index (κ1) is 16.8. The van der Waals surface area contributed by atoms with Gasteiger partial charge in [0.2, 0.25) is 11.8 Å². The van der Waals surface area contributed by atoms with Crippen LogP contribution in [0, 0.1) is 5.41 Å². The van der Waals surface area contributed by atoms with Crippen molar-refractivity contribution in [2.24, 2.45) is 5.41 Å². The summed E-state index contributed by atoms with van der Waals surface area (Å²) < 4.78 is 0. The average molecular weight is 302 g/mol. The molecular weight excluding hydrogens is 280 g/mol. The number of carboxylic acids is 1. The van der Waals surface area contributed by atoms with Crippen LogP contribution in [0.15, 0.2) is 0 Å². The third-order valence-corrected chi connectivity index (χ3v) is 3.97. The molecule has 0 bridgehead atoms. The molecule has 6 nitrogen and oxygen atoms in total. The Balaban J connectivity index is 2.50. The minimum absolute atomic E-state index is 0.0321. The topological polar surface area (TPSA) is 86.7 Å². The Morgan fingerprint density at radius 1 is 1.35 bits per heavy atom. The number of amides is 2. The Morgan fingerprint density at radius 2 is 2.00 bits per heavy atom. The molecule has 1 saturated heterocycles. The van der Waals surface area contributed by atoms with E-state index in [9.17, 15) is 14.4 Å². The minimum atomic E-state index is -0.875. The maximum atomic E-state index is 12.3. The van der Waals surface area contributed by atoms with Crippen LogP contribution in [0.3, 0.4) is 0 Å². The zero-order chi connectivity index (χ0) is 15.3. The lowest BCUT2D eigenvalue weighted by atomic mass is 9.94. The molecule has 0 aromatic carbocycles. The Morgan fingerprint density at radius 3 is 2.55 bits per heavy atom. The summed E-state index contributed by atoms with van der Waals surface area (Å²) in [5, 5.41) is 11.2. The van der Waals surface area contributed by atoms with Crippen LogP contribution in [0.4, 0.5) is 0 Å². The molecule has 1 rings (SSSR count). The predicted octanol–water partition coefficient (Wildman–Crippen LogP) is 0.915. The first-order chi connectivity index (χ1) is 9.23. The largest absolute Gasteiger partial charge is 0.481 e. The molecule has 1 aliphatic rings. The summed E-state index contributed by atoms with van der Waals surface area (Å²) in [5.41, 5.74) is -0.507. The van der Waals surface area contributed by atoms with Crippen LogP contribution in [-0.2, 0) is 14.4 Å². The van der Waals surface area contributed by atoms with Crippen molar-refractivity contribution in [3.63, 3.8) is 0 Å². The van der Waals surface area contributed by atoms with Crippen molar-refractivity contribution in [1.82, 2.24) is 10.2 Å². The lowest BCUT2D eigenvalue weighted by Crippen LogP contribution is -2.50. The summed E-state index contributed by atoms with van der Waals surface area (Å²) in [6.07, 6.45) is 0.429. The first-order valence-corrected chi connectivity index (χ1v) is 7.77. The minimum Gasteiger partial charge on any atom is -0.481 e. The van der Waals surface area contributed by atoms with Gasteiger partial charge in [-0.05, 0) is 6.42 Å². The predicted molar refractivity (Wildman–Crippen MR) is 77.3 cm³/mol. The van der Waals surface area contributed by atoms with Crippen LogP contribution < -0.4 is 5.32 Å². The number of aliphatic carboxylic acids is 1. The lowest BCUT2D eigenvalue weighted by molar-refractivity contribution is -0.144. The molecule has 0 saturated carbocycles. The number of thioether (sulfide) groups is 1. The van der Waals surface area contributed by atoms with Crippen LogP contribution >= 0.6 is 11.8 Å². The monoisotopic (exact) mass is 302 g/mol. The maximum absolute atomic E-state index is 12.3. The van der Waals surface area contributed by atoms with E-state index in [1.54, 1.807) is 16.7 Å². The molecule has 20 heavy (non-hydrogen) atoms. The molecule has 2 amide bonds. The zero-order valence-electron chi connectivity index (χ0n) is 12.1. The van der Waals surface area contributed by atoms with Crippen LogP contribution in [0.5, 0.6) is 0 Å². The van der Waals surface area contributed by atoms with Gasteiger partial charge in [-0.2, -0.15) is 0 Å². The summed E-state index contributed by atoms with van der Waals surface area (Å²) >= 11 is 1.56. The number of hydrogen-bond acceptors (Lipinski definition) is 4. The van der Waals surface area contributed by atoms with Crippen LogP contribution in [-0.4, -0.2) is 52.0 Å². The molecule has 1 atom stereocenters. The van der Waals surface area contributed by atoms with Crippen molar-refractivity contribution >= 4 is 29.5 Å². The Hall–Kier alpha value is -1.24. The van der Waals surface area contributed by atoms with E-state index in [0.717, 1.165) is 0 Å². The first-order valence-electron chi connectivity index (χ1n) is 6.62. The highest BCUT2D eigenvalue weighted by Crippen LogP contribution is 2.27. The number of carboxylic acid groups (broad SMARTS) is 1. The summed E-state index contributed by atoms with van der Waals surface area (Å²) in [6.45, 7) is 5.82. The van der Waals surface area contributed by atoms with Crippen LogP contribution in [0.2, 0.25) is 0 Å². The molecule has 0 aromatic heterocycles. The van der Waals surface area contributed by atoms with Crippen LogP contribution in [0.1, 0.15) is 33.6 Å². The molecule has 0 radical (unpaired) electrons. The fourth-order valence-electron chi connectivity index (χ4n) is 1.86. The Bertz CT molecular complexity index is 392. The Labute approximate surface area is 123 Å². The molecule has 1 aliphatic heterocycles. The molecule has 0 aromatic rings. The van der Waals surface area contributed by atoms with Gasteiger partial charge in [-0.25, -0.2) is 0 Å². The fraction of sp³-hybridized carbons (Fsp3) is 0.769. The van der Waals surface area contributed by atoms with Crippen molar-refractivity contribution in [2.75, 3.05) is 18.2 Å². The van der Waals surface area contributed by atoms with Crippen molar-refractivity contribution in [3.8, 4) is 0 Å². The second kappa shape index (κ2) is 6.97. The van der Waals surface area contributed by atoms with E-state index in [4.69, 9.17) is 5.11 Å². The summed E-state index contributed by atoms with van der Waals surface area (Å²) in [6, 6.07) is -0.448. The fourth-order valence-corrected chi connectivity index (χ4v) is 3.01. The number of rotatable bonds is 5. The van der Waals surface area contributed by atoms with Crippen LogP contribution in [0.25, 0.3) is 0 Å². The highest BCUT2D eigenvalue weighted by molar-refractivity contribution is 7.99. The number of hydrogen-bond donors (Lipinski definition) is 2. The van der Waals surface area contributed by atoms with Gasteiger partial charge >= 0.3 is 5.97 Å². The van der Waals surface area contributed by atoms with Crippen molar-refractivity contribution in [1.29, 1.82) is 0 Å². The zero-order valence-corrected chi connectivity index (χ0v) is 13.0. The quantitative estimate of drug-likeness (QED) is 0.737. The molecule has 0 spiro atoms. The normalized spacial score (nSPS) is 18.9. The van der Waals surface area contributed by atoms with Gasteiger partial charge in [-0.3, -0.25) is 14.4 Å². The van der Waals surface area contributed by atoms with E-state index >= 15 is 0 Å². The summed E-state index contributed by atoms with van der Waals surface area (Å²) in [4.78, 5) is 36.3. The molecular formula is C13H22N2O4S. The second-order valence-corrected chi connectivity index (χ2v) is 6.83. The molecule has 1 heterocycles. The number of nitrogens with zero attached hydrogens (tertiary/aromatic N) is 1. The standard InChI is InChI=1S/C13H22N2O4S/c1-13(2,3)12(19)15-8-20-7-9(15)11(18)14-6-4-5-10(16)17/h9H,4-8H2,1-3H3,(H,14,18)(H,16,17). The lowest BCUT2D eigenvalue weighted by Gasteiger charge is -2.29. The van der Waals surface area contributed by atoms with Gasteiger partial charge in [0.05, 0.1) is 5.88 Å². The third kappa shape index (κ3) is 4.70. The number of carbonyl (C=O) groups excluding carboxylic acids is 2. The van der Waals surface area contributed by atoms with Crippen molar-refractivity contribution in [3.05, 3.63) is 0 Å². The van der Waals surface area contributed by atoms with E-state index in [2.05, 4.69) is 5.32 Å².